The number of hydrogen-bond acceptors (Lipinski definition) is 4. The Labute approximate surface area is 135 Å². The molecule has 0 aliphatic carbocycles. The number of rotatable bonds is 5. The number of halogens is 1. The highest BCUT2D eigenvalue weighted by molar-refractivity contribution is 7.15. The van der Waals surface area contributed by atoms with Gasteiger partial charge in [-0.25, -0.2) is 10.5 Å². The molecular weight excluding hydrogens is 322 g/mol. The number of imidazole rings is 1. The molecule has 2 heterocycles. The average Bonchev–Trinajstić information content (AvgIpc) is 3.07. The first-order chi connectivity index (χ1) is 10.7. The third kappa shape index (κ3) is 3.36. The molecule has 0 saturated carbocycles. The molecule has 0 radical (unpaired) electrons. The third-order valence-corrected chi connectivity index (χ3v) is 3.94. The molecule has 0 atom stereocenters. The van der Waals surface area contributed by atoms with E-state index in [4.69, 9.17) is 16.4 Å². The van der Waals surface area contributed by atoms with Crippen molar-refractivity contribution in [2.24, 2.45) is 0 Å². The number of aromatic nitrogens is 2. The molecule has 1 aromatic carbocycles. The van der Waals surface area contributed by atoms with Crippen LogP contribution in [0.15, 0.2) is 48.0 Å². The second kappa shape index (κ2) is 6.74. The summed E-state index contributed by atoms with van der Waals surface area (Å²) in [5.74, 6) is -0.364. The Morgan fingerprint density at radius 1 is 1.41 bits per heavy atom. The molecule has 0 spiro atoms. The Morgan fingerprint density at radius 2 is 2.23 bits per heavy atom. The van der Waals surface area contributed by atoms with Crippen LogP contribution in [0.4, 0.5) is 0 Å². The molecule has 5 nitrogen and oxygen atoms in total. The Bertz CT molecular complexity index is 811. The highest BCUT2D eigenvalue weighted by Gasteiger charge is 2.08. The van der Waals surface area contributed by atoms with Crippen LogP contribution in [0, 0.1) is 0 Å². The minimum Gasteiger partial charge on any atom is -0.289 e. The first-order valence-corrected chi connectivity index (χ1v) is 7.74. The van der Waals surface area contributed by atoms with Gasteiger partial charge >= 0.3 is 0 Å². The number of hydroxylamine groups is 1. The van der Waals surface area contributed by atoms with Gasteiger partial charge in [-0.1, -0.05) is 41.9 Å². The molecule has 22 heavy (non-hydrogen) atoms. The quantitative estimate of drug-likeness (QED) is 0.575. The van der Waals surface area contributed by atoms with E-state index in [0.29, 0.717) is 17.5 Å². The monoisotopic (exact) mass is 333 g/mol. The van der Waals surface area contributed by atoms with Crippen molar-refractivity contribution in [1.82, 2.24) is 14.9 Å². The number of amides is 1. The molecule has 1 N–H and O–H groups in total. The number of carbonyl (C=O) groups excluding carboxylic acids is 1. The van der Waals surface area contributed by atoms with E-state index < -0.39 is 0 Å². The topological polar surface area (TPSA) is 55.6 Å². The van der Waals surface area contributed by atoms with Gasteiger partial charge < -0.3 is 0 Å². The van der Waals surface area contributed by atoms with E-state index in [0.717, 1.165) is 10.5 Å². The van der Waals surface area contributed by atoms with Gasteiger partial charge in [-0.15, -0.1) is 11.3 Å². The molecule has 2 aromatic heterocycles. The van der Waals surface area contributed by atoms with Crippen molar-refractivity contribution < 1.29 is 9.63 Å². The fourth-order valence-corrected chi connectivity index (χ4v) is 2.88. The third-order valence-electron chi connectivity index (χ3n) is 2.90. The van der Waals surface area contributed by atoms with Gasteiger partial charge in [0.05, 0.1) is 12.3 Å². The smallest absolute Gasteiger partial charge is 0.267 e. The predicted molar refractivity (Wildman–Crippen MR) is 86.5 cm³/mol. The van der Waals surface area contributed by atoms with Gasteiger partial charge in [-0.3, -0.25) is 14.0 Å². The number of nitrogens with zero attached hydrogens (tertiary/aromatic N) is 2. The highest BCUT2D eigenvalue weighted by Crippen LogP contribution is 2.22. The number of carbonyl (C=O) groups is 1. The van der Waals surface area contributed by atoms with Crippen molar-refractivity contribution in [2.75, 3.05) is 0 Å². The predicted octanol–water partition coefficient (Wildman–Crippen LogP) is 3.31. The summed E-state index contributed by atoms with van der Waals surface area (Å²) in [5.41, 5.74) is 4.00. The fourth-order valence-electron chi connectivity index (χ4n) is 1.88. The van der Waals surface area contributed by atoms with E-state index in [1.165, 1.54) is 17.4 Å². The summed E-state index contributed by atoms with van der Waals surface area (Å²) in [6.45, 7) is 0.308. The van der Waals surface area contributed by atoms with Crippen LogP contribution < -0.4 is 5.48 Å². The van der Waals surface area contributed by atoms with Gasteiger partial charge in [0.1, 0.15) is 0 Å². The molecule has 1 amide bonds. The Kier molecular flexibility index (Phi) is 4.53. The number of hydrogen-bond donors (Lipinski definition) is 1. The van der Waals surface area contributed by atoms with Crippen LogP contribution in [0.5, 0.6) is 0 Å². The summed E-state index contributed by atoms with van der Waals surface area (Å²) < 4.78 is 1.82. The van der Waals surface area contributed by atoms with E-state index in [2.05, 4.69) is 10.5 Å². The molecule has 3 rings (SSSR count). The zero-order chi connectivity index (χ0) is 15.4. The Morgan fingerprint density at radius 3 is 3.05 bits per heavy atom. The summed E-state index contributed by atoms with van der Waals surface area (Å²) in [4.78, 5) is 21.8. The van der Waals surface area contributed by atoms with E-state index in [1.54, 1.807) is 6.08 Å². The van der Waals surface area contributed by atoms with Crippen molar-refractivity contribution in [3.05, 3.63) is 64.4 Å². The van der Waals surface area contributed by atoms with Gasteiger partial charge in [-0.2, -0.15) is 0 Å². The maximum absolute atomic E-state index is 11.7. The van der Waals surface area contributed by atoms with Crippen molar-refractivity contribution >= 4 is 39.9 Å². The van der Waals surface area contributed by atoms with Crippen molar-refractivity contribution in [1.29, 1.82) is 0 Å². The first kappa shape index (κ1) is 14.8. The summed E-state index contributed by atoms with van der Waals surface area (Å²) in [6.07, 6.45) is 4.82. The minimum absolute atomic E-state index is 0.308. The Hall–Kier alpha value is -2.15. The minimum atomic E-state index is -0.364. The van der Waals surface area contributed by atoms with Crippen molar-refractivity contribution in [3.8, 4) is 0 Å². The molecule has 0 saturated heterocycles. The zero-order valence-corrected chi connectivity index (χ0v) is 13.0. The van der Waals surface area contributed by atoms with Crippen LogP contribution in [0.1, 0.15) is 11.3 Å². The highest BCUT2D eigenvalue weighted by atomic mass is 35.5. The maximum Gasteiger partial charge on any atom is 0.267 e. The van der Waals surface area contributed by atoms with Gasteiger partial charge in [0.15, 0.2) is 10.1 Å². The number of fused-ring (bicyclic) bond motifs is 1. The lowest BCUT2D eigenvalue weighted by Gasteiger charge is -2.03. The molecule has 0 bridgehead atoms. The lowest BCUT2D eigenvalue weighted by Crippen LogP contribution is -2.21. The summed E-state index contributed by atoms with van der Waals surface area (Å²) in [6, 6.07) is 9.58. The molecule has 7 heteroatoms. The molecular formula is C15H12ClN3O2S. The summed E-state index contributed by atoms with van der Waals surface area (Å²) >= 11 is 7.51. The second-order valence-corrected chi connectivity index (χ2v) is 5.65. The first-order valence-electron chi connectivity index (χ1n) is 6.49. The normalized spacial score (nSPS) is 11.3. The molecule has 0 aliphatic heterocycles. The molecule has 0 aliphatic rings. The van der Waals surface area contributed by atoms with E-state index in [1.807, 2.05) is 46.3 Å². The average molecular weight is 334 g/mol. The summed E-state index contributed by atoms with van der Waals surface area (Å²) in [5, 5.41) is 2.26. The molecule has 3 aromatic rings. The maximum atomic E-state index is 11.7. The van der Waals surface area contributed by atoms with Crippen LogP contribution in [-0.4, -0.2) is 15.3 Å². The lowest BCUT2D eigenvalue weighted by molar-refractivity contribution is -0.129. The number of benzene rings is 1. The van der Waals surface area contributed by atoms with Crippen molar-refractivity contribution in [3.63, 3.8) is 0 Å². The van der Waals surface area contributed by atoms with E-state index in [-0.39, 0.29) is 5.91 Å². The van der Waals surface area contributed by atoms with E-state index >= 15 is 0 Å². The lowest BCUT2D eigenvalue weighted by atomic mass is 10.2. The second-order valence-electron chi connectivity index (χ2n) is 4.42. The fraction of sp³-hybridized carbons (Fsp3) is 0.0667. The molecule has 0 unspecified atom stereocenters. The van der Waals surface area contributed by atoms with Gasteiger partial charge in [-0.05, 0) is 11.6 Å². The number of nitrogens with one attached hydrogen (secondary N) is 1. The standard InChI is InChI=1S/C15H12ClN3O2S/c16-14-12(19-8-9-22-15(19)17-14)6-7-13(20)18-21-10-11-4-2-1-3-5-11/h1-9H,10H2,(H,18,20)/b7-6+. The molecule has 0 fully saturated rings. The largest absolute Gasteiger partial charge is 0.289 e. The van der Waals surface area contributed by atoms with Gasteiger partial charge in [0, 0.05) is 17.7 Å². The van der Waals surface area contributed by atoms with Crippen LogP contribution in [0.2, 0.25) is 5.15 Å². The van der Waals surface area contributed by atoms with Crippen LogP contribution in [-0.2, 0) is 16.2 Å². The van der Waals surface area contributed by atoms with Crippen molar-refractivity contribution in [2.45, 2.75) is 6.61 Å². The van der Waals surface area contributed by atoms with E-state index in [9.17, 15) is 4.79 Å². The summed E-state index contributed by atoms with van der Waals surface area (Å²) in [7, 11) is 0. The number of thiazole rings is 1. The van der Waals surface area contributed by atoms with Gasteiger partial charge in [0.25, 0.3) is 5.91 Å². The van der Waals surface area contributed by atoms with Gasteiger partial charge in [0.2, 0.25) is 0 Å². The van der Waals surface area contributed by atoms with Crippen LogP contribution in [0.25, 0.3) is 11.0 Å². The van der Waals surface area contributed by atoms with Crippen LogP contribution in [0.3, 0.4) is 0 Å². The zero-order valence-electron chi connectivity index (χ0n) is 11.4. The van der Waals surface area contributed by atoms with Crippen LogP contribution >= 0.6 is 22.9 Å². The molecule has 112 valence electrons. The SMILES string of the molecule is O=C(/C=C/c1c(Cl)nc2sccn12)NOCc1ccccc1. The Balaban J connectivity index is 1.57.